The molecule has 2 amide bonds. The van der Waals surface area contributed by atoms with E-state index in [4.69, 9.17) is 0 Å². The summed E-state index contributed by atoms with van der Waals surface area (Å²) in [5.74, 6) is -1.16. The summed E-state index contributed by atoms with van der Waals surface area (Å²) in [6, 6.07) is 26.5. The van der Waals surface area contributed by atoms with Crippen LogP contribution in [0.4, 0.5) is 11.4 Å². The van der Waals surface area contributed by atoms with Crippen molar-refractivity contribution in [3.8, 4) is 11.5 Å². The number of nitrogens with one attached hydrogen (secondary N) is 2. The van der Waals surface area contributed by atoms with E-state index in [-0.39, 0.29) is 22.6 Å². The Balaban J connectivity index is 1.40. The van der Waals surface area contributed by atoms with Crippen molar-refractivity contribution in [2.75, 3.05) is 10.6 Å². The van der Waals surface area contributed by atoms with Crippen molar-refractivity contribution in [3.63, 3.8) is 0 Å². The number of hydrogen-bond acceptors (Lipinski definition) is 4. The van der Waals surface area contributed by atoms with Crippen LogP contribution in [0.1, 0.15) is 26.3 Å². The van der Waals surface area contributed by atoms with Gasteiger partial charge < -0.3 is 20.8 Å². The summed E-state index contributed by atoms with van der Waals surface area (Å²) in [5, 5.41) is 29.8. The van der Waals surface area contributed by atoms with E-state index < -0.39 is 11.8 Å². The zero-order valence-electron chi connectivity index (χ0n) is 18.9. The van der Waals surface area contributed by atoms with E-state index in [1.165, 1.54) is 0 Å². The van der Waals surface area contributed by atoms with Crippen LogP contribution in [0, 0.1) is 6.92 Å². The van der Waals surface area contributed by atoms with Crippen molar-refractivity contribution in [1.29, 1.82) is 0 Å². The van der Waals surface area contributed by atoms with Gasteiger partial charge in [0.1, 0.15) is 11.5 Å². The molecule has 5 rings (SSSR count). The van der Waals surface area contributed by atoms with Crippen LogP contribution in [0.5, 0.6) is 11.5 Å². The zero-order valence-corrected chi connectivity index (χ0v) is 18.9. The molecule has 0 atom stereocenters. The number of phenols is 2. The molecule has 0 bridgehead atoms. The number of benzene rings is 5. The summed E-state index contributed by atoms with van der Waals surface area (Å²) in [5.41, 5.74) is 1.91. The minimum Gasteiger partial charge on any atom is -0.507 e. The number of aromatic hydroxyl groups is 2. The number of anilines is 2. The van der Waals surface area contributed by atoms with Crippen molar-refractivity contribution >= 4 is 44.7 Å². The highest BCUT2D eigenvalue weighted by molar-refractivity contribution is 6.11. The molecular formula is C29H22N2O4. The maximum Gasteiger partial charge on any atom is 0.259 e. The van der Waals surface area contributed by atoms with Gasteiger partial charge in [-0.1, -0.05) is 54.6 Å². The second-order valence-corrected chi connectivity index (χ2v) is 8.32. The number of hydrogen-bond donors (Lipinski definition) is 4. The van der Waals surface area contributed by atoms with Gasteiger partial charge in [-0.2, -0.15) is 0 Å². The molecule has 0 saturated carbocycles. The summed E-state index contributed by atoms with van der Waals surface area (Å²) >= 11 is 0. The first-order chi connectivity index (χ1) is 16.9. The maximum absolute atomic E-state index is 13.0. The Kier molecular flexibility index (Phi) is 5.55. The molecule has 0 unspecified atom stereocenters. The third kappa shape index (κ3) is 4.25. The molecule has 0 spiro atoms. The lowest BCUT2D eigenvalue weighted by molar-refractivity contribution is 0.101. The van der Waals surface area contributed by atoms with Gasteiger partial charge in [-0.3, -0.25) is 9.59 Å². The quantitative estimate of drug-likeness (QED) is 0.255. The van der Waals surface area contributed by atoms with E-state index in [2.05, 4.69) is 10.6 Å². The second kappa shape index (κ2) is 8.83. The van der Waals surface area contributed by atoms with Crippen LogP contribution in [0.3, 0.4) is 0 Å². The molecule has 0 saturated heterocycles. The molecule has 5 aromatic carbocycles. The Labute approximate surface area is 201 Å². The van der Waals surface area contributed by atoms with Crippen LogP contribution in [0.25, 0.3) is 21.5 Å². The second-order valence-electron chi connectivity index (χ2n) is 8.32. The lowest BCUT2D eigenvalue weighted by Gasteiger charge is -2.15. The predicted octanol–water partition coefficient (Wildman–Crippen LogP) is 6.22. The van der Waals surface area contributed by atoms with Crippen molar-refractivity contribution in [3.05, 3.63) is 108 Å². The average Bonchev–Trinajstić information content (AvgIpc) is 2.85. The molecule has 0 aliphatic rings. The largest absolute Gasteiger partial charge is 0.507 e. The molecular weight excluding hydrogens is 440 g/mol. The summed E-state index contributed by atoms with van der Waals surface area (Å²) in [6.07, 6.45) is 0. The Morgan fingerprint density at radius 2 is 0.943 bits per heavy atom. The third-order valence-electron chi connectivity index (χ3n) is 6.05. The van der Waals surface area contributed by atoms with E-state index in [0.717, 1.165) is 21.5 Å². The molecule has 0 fully saturated rings. The van der Waals surface area contributed by atoms with Gasteiger partial charge in [0, 0.05) is 11.4 Å². The average molecular weight is 463 g/mol. The number of carbonyl (C=O) groups excluding carboxylic acids is 2. The van der Waals surface area contributed by atoms with Gasteiger partial charge in [-0.25, -0.2) is 0 Å². The van der Waals surface area contributed by atoms with E-state index in [1.807, 2.05) is 48.5 Å². The van der Waals surface area contributed by atoms with Gasteiger partial charge in [0.2, 0.25) is 0 Å². The fraction of sp³-hybridized carbons (Fsp3) is 0.0345. The number of rotatable bonds is 4. The number of phenolic OH excluding ortho intramolecular Hbond substituents is 2. The highest BCUT2D eigenvalue weighted by Crippen LogP contribution is 2.30. The molecule has 35 heavy (non-hydrogen) atoms. The van der Waals surface area contributed by atoms with Crippen LogP contribution in [-0.2, 0) is 0 Å². The van der Waals surface area contributed by atoms with Crippen molar-refractivity contribution < 1.29 is 19.8 Å². The lowest BCUT2D eigenvalue weighted by Crippen LogP contribution is -2.16. The van der Waals surface area contributed by atoms with Crippen LogP contribution < -0.4 is 10.6 Å². The summed E-state index contributed by atoms with van der Waals surface area (Å²) in [4.78, 5) is 25.9. The first-order valence-corrected chi connectivity index (χ1v) is 11.1. The van der Waals surface area contributed by atoms with Gasteiger partial charge >= 0.3 is 0 Å². The molecule has 0 aliphatic carbocycles. The summed E-state index contributed by atoms with van der Waals surface area (Å²) < 4.78 is 0. The SMILES string of the molecule is Cc1c(NC(=O)c2cc3ccccc3cc2O)cccc1NC(=O)c1cc2ccccc2cc1O. The molecule has 6 nitrogen and oxygen atoms in total. The first kappa shape index (κ1) is 22.0. The minimum absolute atomic E-state index is 0.116. The van der Waals surface area contributed by atoms with Crippen LogP contribution in [0.15, 0.2) is 91.0 Å². The fourth-order valence-electron chi connectivity index (χ4n) is 4.11. The van der Waals surface area contributed by atoms with E-state index >= 15 is 0 Å². The molecule has 4 N–H and O–H groups in total. The number of carbonyl (C=O) groups is 2. The lowest BCUT2D eigenvalue weighted by atomic mass is 10.0. The van der Waals surface area contributed by atoms with Crippen LogP contribution in [0.2, 0.25) is 0 Å². The Morgan fingerprint density at radius 3 is 1.34 bits per heavy atom. The van der Waals surface area contributed by atoms with Gasteiger partial charge in [0.05, 0.1) is 11.1 Å². The van der Waals surface area contributed by atoms with Crippen LogP contribution >= 0.6 is 0 Å². The Bertz CT molecular complexity index is 1510. The molecule has 0 aromatic heterocycles. The fourth-order valence-corrected chi connectivity index (χ4v) is 4.11. The molecule has 0 aliphatic heterocycles. The Morgan fingerprint density at radius 1 is 0.571 bits per heavy atom. The highest BCUT2D eigenvalue weighted by atomic mass is 16.3. The number of amides is 2. The van der Waals surface area contributed by atoms with Crippen molar-refractivity contribution in [1.82, 2.24) is 0 Å². The molecule has 0 heterocycles. The van der Waals surface area contributed by atoms with Crippen LogP contribution in [-0.4, -0.2) is 22.0 Å². The first-order valence-electron chi connectivity index (χ1n) is 11.1. The summed E-state index contributed by atoms with van der Waals surface area (Å²) in [6.45, 7) is 1.77. The highest BCUT2D eigenvalue weighted by Gasteiger charge is 2.17. The Hall–Kier alpha value is -4.84. The molecule has 0 radical (unpaired) electrons. The van der Waals surface area contributed by atoms with Gasteiger partial charge in [0.25, 0.3) is 11.8 Å². The smallest absolute Gasteiger partial charge is 0.259 e. The van der Waals surface area contributed by atoms with Gasteiger partial charge in [0.15, 0.2) is 0 Å². The van der Waals surface area contributed by atoms with E-state index in [0.29, 0.717) is 16.9 Å². The van der Waals surface area contributed by atoms with E-state index in [9.17, 15) is 19.8 Å². The third-order valence-corrected chi connectivity index (χ3v) is 6.05. The molecule has 172 valence electrons. The minimum atomic E-state index is -0.466. The molecule has 5 aromatic rings. The maximum atomic E-state index is 13.0. The van der Waals surface area contributed by atoms with E-state index in [1.54, 1.807) is 49.4 Å². The molecule has 6 heteroatoms. The standard InChI is InChI=1S/C29H22N2O4/c1-17-24(30-28(34)22-13-18-7-2-4-9-20(18)15-26(22)32)11-6-12-25(17)31-29(35)23-14-19-8-3-5-10-21(19)16-27(23)33/h2-16,32-33H,1H3,(H,30,34)(H,31,35). The van der Waals surface area contributed by atoms with Gasteiger partial charge in [-0.05, 0) is 70.4 Å². The van der Waals surface area contributed by atoms with Gasteiger partial charge in [-0.15, -0.1) is 0 Å². The van der Waals surface area contributed by atoms with Crippen molar-refractivity contribution in [2.45, 2.75) is 6.92 Å². The zero-order chi connectivity index (χ0) is 24.5. The van der Waals surface area contributed by atoms with Crippen molar-refractivity contribution in [2.24, 2.45) is 0 Å². The normalized spacial score (nSPS) is 10.9. The number of fused-ring (bicyclic) bond motifs is 2. The summed E-state index contributed by atoms with van der Waals surface area (Å²) in [7, 11) is 0. The monoisotopic (exact) mass is 462 g/mol. The topological polar surface area (TPSA) is 98.7 Å². The predicted molar refractivity (Wildman–Crippen MR) is 138 cm³/mol.